The number of nitrogens with two attached hydrogens (primary N) is 1. The first-order valence-corrected chi connectivity index (χ1v) is 10.3. The van der Waals surface area contributed by atoms with Gasteiger partial charge in [0, 0.05) is 25.8 Å². The normalized spacial score (nSPS) is 12.3. The van der Waals surface area contributed by atoms with Gasteiger partial charge in [-0.3, -0.25) is 0 Å². The molecule has 0 aliphatic carbocycles. The van der Waals surface area contributed by atoms with Gasteiger partial charge in [-0.25, -0.2) is 18.4 Å². The molecule has 27 heavy (non-hydrogen) atoms. The van der Waals surface area contributed by atoms with E-state index in [1.54, 1.807) is 19.1 Å². The molecule has 2 aromatic rings. The highest BCUT2D eigenvalue weighted by Gasteiger charge is 2.13. The van der Waals surface area contributed by atoms with E-state index in [-0.39, 0.29) is 17.0 Å². The molecule has 2 aromatic carbocycles. The highest BCUT2D eigenvalue weighted by Crippen LogP contribution is 2.16. The number of rotatable bonds is 8. The predicted molar refractivity (Wildman–Crippen MR) is 107 cm³/mol. The number of anilines is 1. The summed E-state index contributed by atoms with van der Waals surface area (Å²) in [6.07, 6.45) is 0.800. The van der Waals surface area contributed by atoms with Crippen molar-refractivity contribution < 1.29 is 13.2 Å². The third-order valence-corrected chi connectivity index (χ3v) is 5.10. The molecule has 7 nitrogen and oxygen atoms in total. The summed E-state index contributed by atoms with van der Waals surface area (Å²) in [7, 11) is -1.76. The van der Waals surface area contributed by atoms with Crippen molar-refractivity contribution >= 4 is 21.7 Å². The van der Waals surface area contributed by atoms with Crippen molar-refractivity contribution in [1.82, 2.24) is 10.6 Å². The largest absolute Gasteiger partial charge is 0.375 e. The number of para-hydroxylation sites is 1. The van der Waals surface area contributed by atoms with Crippen molar-refractivity contribution in [2.45, 2.75) is 24.3 Å². The molecule has 0 radical (unpaired) electrons. The van der Waals surface area contributed by atoms with Gasteiger partial charge in [-0.1, -0.05) is 30.3 Å². The van der Waals surface area contributed by atoms with Crippen LogP contribution < -0.4 is 20.7 Å². The van der Waals surface area contributed by atoms with Crippen molar-refractivity contribution in [1.29, 1.82) is 0 Å². The summed E-state index contributed by atoms with van der Waals surface area (Å²) < 4.78 is 22.9. The number of hydrogen-bond donors (Lipinski definition) is 3. The first-order valence-electron chi connectivity index (χ1n) is 8.70. The van der Waals surface area contributed by atoms with E-state index in [0.29, 0.717) is 12.1 Å². The molecule has 0 saturated carbocycles. The Hall–Kier alpha value is -2.58. The van der Waals surface area contributed by atoms with E-state index in [1.807, 2.05) is 37.4 Å². The molecule has 1 unspecified atom stereocenters. The fraction of sp³-hybridized carbons (Fsp3) is 0.316. The Morgan fingerprint density at radius 3 is 2.52 bits per heavy atom. The van der Waals surface area contributed by atoms with Crippen molar-refractivity contribution in [2.24, 2.45) is 5.14 Å². The van der Waals surface area contributed by atoms with E-state index in [1.165, 1.54) is 12.1 Å². The number of sulfonamides is 1. The SMILES string of the molecule is CC(NC(=O)NCCCN(C)c1ccccc1)c1cccc(S(N)(=O)=O)c1. The zero-order valence-corrected chi connectivity index (χ0v) is 16.4. The molecule has 0 aliphatic rings. The second kappa shape index (κ2) is 9.38. The third-order valence-electron chi connectivity index (χ3n) is 4.19. The molecule has 146 valence electrons. The molecular formula is C19H26N4O3S. The van der Waals surface area contributed by atoms with Gasteiger partial charge in [0.2, 0.25) is 10.0 Å². The average Bonchev–Trinajstić information content (AvgIpc) is 2.65. The third kappa shape index (κ3) is 6.58. The summed E-state index contributed by atoms with van der Waals surface area (Å²) >= 11 is 0. The number of urea groups is 1. The predicted octanol–water partition coefficient (Wildman–Crippen LogP) is 2.22. The lowest BCUT2D eigenvalue weighted by Crippen LogP contribution is -2.38. The van der Waals surface area contributed by atoms with Crippen LogP contribution in [0, 0.1) is 0 Å². The Morgan fingerprint density at radius 2 is 1.85 bits per heavy atom. The average molecular weight is 391 g/mol. The Morgan fingerprint density at radius 1 is 1.15 bits per heavy atom. The van der Waals surface area contributed by atoms with Crippen LogP contribution in [0.3, 0.4) is 0 Å². The van der Waals surface area contributed by atoms with E-state index in [9.17, 15) is 13.2 Å². The minimum absolute atomic E-state index is 0.0259. The van der Waals surface area contributed by atoms with Crippen LogP contribution in [0.2, 0.25) is 0 Å². The van der Waals surface area contributed by atoms with Gasteiger partial charge in [-0.15, -0.1) is 0 Å². The van der Waals surface area contributed by atoms with E-state index in [0.717, 1.165) is 18.7 Å². The number of amides is 2. The number of benzene rings is 2. The molecule has 8 heteroatoms. The number of carbonyl (C=O) groups is 1. The summed E-state index contributed by atoms with van der Waals surface area (Å²) in [5.41, 5.74) is 1.80. The van der Waals surface area contributed by atoms with Crippen LogP contribution in [-0.2, 0) is 10.0 Å². The zero-order chi connectivity index (χ0) is 19.9. The Labute approximate surface area is 160 Å². The second-order valence-corrected chi connectivity index (χ2v) is 7.91. The van der Waals surface area contributed by atoms with E-state index in [2.05, 4.69) is 15.5 Å². The van der Waals surface area contributed by atoms with E-state index >= 15 is 0 Å². The number of hydrogen-bond acceptors (Lipinski definition) is 4. The minimum atomic E-state index is -3.77. The summed E-state index contributed by atoms with van der Waals surface area (Å²) in [6, 6.07) is 15.6. The first kappa shape index (κ1) is 20.7. The highest BCUT2D eigenvalue weighted by molar-refractivity contribution is 7.89. The fourth-order valence-corrected chi connectivity index (χ4v) is 3.19. The summed E-state index contributed by atoms with van der Waals surface area (Å²) in [5, 5.41) is 10.8. The Balaban J connectivity index is 1.77. The first-order chi connectivity index (χ1) is 12.8. The van der Waals surface area contributed by atoms with Crippen molar-refractivity contribution in [3.05, 3.63) is 60.2 Å². The van der Waals surface area contributed by atoms with Crippen molar-refractivity contribution in [3.8, 4) is 0 Å². The van der Waals surface area contributed by atoms with Crippen LogP contribution in [0.1, 0.15) is 24.9 Å². The van der Waals surface area contributed by atoms with E-state index < -0.39 is 10.0 Å². The van der Waals surface area contributed by atoms with Gasteiger partial charge in [0.25, 0.3) is 0 Å². The van der Waals surface area contributed by atoms with E-state index in [4.69, 9.17) is 5.14 Å². The number of nitrogens with zero attached hydrogens (tertiary/aromatic N) is 1. The summed E-state index contributed by atoms with van der Waals surface area (Å²) in [6.45, 7) is 3.13. The zero-order valence-electron chi connectivity index (χ0n) is 15.6. The number of primary sulfonamides is 1. The van der Waals surface area contributed by atoms with Crippen molar-refractivity contribution in [2.75, 3.05) is 25.0 Å². The molecule has 0 saturated heterocycles. The topological polar surface area (TPSA) is 105 Å². The minimum Gasteiger partial charge on any atom is -0.375 e. The van der Waals surface area contributed by atoms with Gasteiger partial charge in [0.1, 0.15) is 0 Å². The van der Waals surface area contributed by atoms with Crippen LogP contribution in [0.25, 0.3) is 0 Å². The van der Waals surface area contributed by atoms with Crippen LogP contribution in [0.4, 0.5) is 10.5 Å². The van der Waals surface area contributed by atoms with Crippen LogP contribution >= 0.6 is 0 Å². The monoisotopic (exact) mass is 390 g/mol. The van der Waals surface area contributed by atoms with Crippen LogP contribution in [-0.4, -0.2) is 34.6 Å². The van der Waals surface area contributed by atoms with Gasteiger partial charge in [0.05, 0.1) is 10.9 Å². The van der Waals surface area contributed by atoms with Crippen molar-refractivity contribution in [3.63, 3.8) is 0 Å². The maximum absolute atomic E-state index is 12.0. The summed E-state index contributed by atoms with van der Waals surface area (Å²) in [5.74, 6) is 0. The maximum Gasteiger partial charge on any atom is 0.315 e. The van der Waals surface area contributed by atoms with Gasteiger partial charge in [-0.2, -0.15) is 0 Å². The number of nitrogens with one attached hydrogen (secondary N) is 2. The molecule has 4 N–H and O–H groups in total. The molecule has 2 rings (SSSR count). The maximum atomic E-state index is 12.0. The lowest BCUT2D eigenvalue weighted by molar-refractivity contribution is 0.238. The molecule has 0 bridgehead atoms. The standard InChI is InChI=1S/C19H26N4O3S/c1-15(16-8-6-11-18(14-16)27(20,25)26)22-19(24)21-12-7-13-23(2)17-9-4-3-5-10-17/h3-6,8-11,14-15H,7,12-13H2,1-2H3,(H2,20,25,26)(H2,21,22,24). The highest BCUT2D eigenvalue weighted by atomic mass is 32.2. The lowest BCUT2D eigenvalue weighted by Gasteiger charge is -2.19. The van der Waals surface area contributed by atoms with Gasteiger partial charge < -0.3 is 15.5 Å². The smallest absolute Gasteiger partial charge is 0.315 e. The second-order valence-electron chi connectivity index (χ2n) is 6.35. The molecule has 0 fully saturated rings. The molecule has 0 heterocycles. The van der Waals surface area contributed by atoms with Crippen LogP contribution in [0.5, 0.6) is 0 Å². The molecule has 0 aliphatic heterocycles. The van der Waals surface area contributed by atoms with Gasteiger partial charge >= 0.3 is 6.03 Å². The summed E-state index contributed by atoms with van der Waals surface area (Å²) in [4.78, 5) is 14.2. The molecule has 0 aromatic heterocycles. The molecular weight excluding hydrogens is 364 g/mol. The van der Waals surface area contributed by atoms with Gasteiger partial charge in [0.15, 0.2) is 0 Å². The Bertz CT molecular complexity index is 856. The van der Waals surface area contributed by atoms with Gasteiger partial charge in [-0.05, 0) is 43.2 Å². The van der Waals surface area contributed by atoms with Crippen LogP contribution in [0.15, 0.2) is 59.5 Å². The Kier molecular flexibility index (Phi) is 7.20. The lowest BCUT2D eigenvalue weighted by atomic mass is 10.1. The molecule has 1 atom stereocenters. The number of carbonyl (C=O) groups excluding carboxylic acids is 1. The molecule has 0 spiro atoms. The fourth-order valence-electron chi connectivity index (χ4n) is 2.62. The molecule has 2 amide bonds. The quantitative estimate of drug-likeness (QED) is 0.601.